The first-order valence-corrected chi connectivity index (χ1v) is 6.88. The summed E-state index contributed by atoms with van der Waals surface area (Å²) in [5.74, 6) is 0.158. The third-order valence-corrected chi connectivity index (χ3v) is 3.82. The second-order valence-electron chi connectivity index (χ2n) is 5.41. The van der Waals surface area contributed by atoms with Crippen LogP contribution in [0.2, 0.25) is 0 Å². The standard InChI is InChI=1S/C14H20FN3O2/c1-17-6-4-11(5-7-17)9-16-10-12-8-13(15)2-3-14(12)18(19)20/h2-3,8,11,16H,4-7,9-10H2,1H3. The Balaban J connectivity index is 1.87. The average molecular weight is 281 g/mol. The molecule has 1 aromatic carbocycles. The zero-order valence-electron chi connectivity index (χ0n) is 11.6. The Labute approximate surface area is 117 Å². The van der Waals surface area contributed by atoms with Crippen LogP contribution in [0.25, 0.3) is 0 Å². The number of benzene rings is 1. The normalized spacial score (nSPS) is 17.3. The summed E-state index contributed by atoms with van der Waals surface area (Å²) < 4.78 is 13.2. The summed E-state index contributed by atoms with van der Waals surface area (Å²) in [5, 5.41) is 14.1. The van der Waals surface area contributed by atoms with Crippen LogP contribution in [0.4, 0.5) is 10.1 Å². The molecule has 20 heavy (non-hydrogen) atoms. The smallest absolute Gasteiger partial charge is 0.274 e. The Bertz CT molecular complexity index is 473. The second kappa shape index (κ2) is 6.76. The summed E-state index contributed by atoms with van der Waals surface area (Å²) in [6.45, 7) is 3.33. The van der Waals surface area contributed by atoms with Crippen molar-refractivity contribution in [2.75, 3.05) is 26.7 Å². The van der Waals surface area contributed by atoms with Crippen molar-refractivity contribution in [3.8, 4) is 0 Å². The molecule has 6 heteroatoms. The molecule has 0 aromatic heterocycles. The number of likely N-dealkylation sites (tertiary alicyclic amines) is 1. The molecule has 2 rings (SSSR count). The Morgan fingerprint density at radius 2 is 2.15 bits per heavy atom. The number of halogens is 1. The van der Waals surface area contributed by atoms with E-state index in [9.17, 15) is 14.5 Å². The molecule has 0 spiro atoms. The van der Waals surface area contributed by atoms with E-state index in [1.165, 1.54) is 12.1 Å². The summed E-state index contributed by atoms with van der Waals surface area (Å²) >= 11 is 0. The fourth-order valence-corrected chi connectivity index (χ4v) is 2.55. The van der Waals surface area contributed by atoms with Crippen LogP contribution in [0.1, 0.15) is 18.4 Å². The molecule has 110 valence electrons. The molecule has 1 saturated heterocycles. The molecule has 0 unspecified atom stereocenters. The van der Waals surface area contributed by atoms with E-state index in [-0.39, 0.29) is 5.69 Å². The van der Waals surface area contributed by atoms with Gasteiger partial charge in [-0.05, 0) is 57.6 Å². The van der Waals surface area contributed by atoms with Gasteiger partial charge >= 0.3 is 0 Å². The largest absolute Gasteiger partial charge is 0.312 e. The molecular weight excluding hydrogens is 261 g/mol. The molecule has 1 aliphatic rings. The summed E-state index contributed by atoms with van der Waals surface area (Å²) in [5.41, 5.74) is 0.380. The maximum atomic E-state index is 13.2. The van der Waals surface area contributed by atoms with Crippen LogP contribution in [0.5, 0.6) is 0 Å². The van der Waals surface area contributed by atoms with Gasteiger partial charge in [-0.1, -0.05) is 0 Å². The fraction of sp³-hybridized carbons (Fsp3) is 0.571. The van der Waals surface area contributed by atoms with Crippen molar-refractivity contribution in [2.24, 2.45) is 5.92 Å². The molecule has 0 saturated carbocycles. The minimum Gasteiger partial charge on any atom is -0.312 e. The van der Waals surface area contributed by atoms with Crippen molar-refractivity contribution < 1.29 is 9.31 Å². The van der Waals surface area contributed by atoms with Crippen LogP contribution >= 0.6 is 0 Å². The van der Waals surface area contributed by atoms with Gasteiger partial charge in [0.05, 0.1) is 4.92 Å². The highest BCUT2D eigenvalue weighted by Gasteiger charge is 2.17. The van der Waals surface area contributed by atoms with Crippen LogP contribution in [-0.2, 0) is 6.54 Å². The van der Waals surface area contributed by atoms with Crippen LogP contribution < -0.4 is 5.32 Å². The van der Waals surface area contributed by atoms with E-state index < -0.39 is 10.7 Å². The van der Waals surface area contributed by atoms with Gasteiger partial charge in [0.25, 0.3) is 5.69 Å². The summed E-state index contributed by atoms with van der Waals surface area (Å²) in [7, 11) is 2.11. The molecule has 1 fully saturated rings. The van der Waals surface area contributed by atoms with Gasteiger partial charge in [-0.2, -0.15) is 0 Å². The van der Waals surface area contributed by atoms with E-state index in [0.717, 1.165) is 38.5 Å². The summed E-state index contributed by atoms with van der Waals surface area (Å²) in [6, 6.07) is 3.58. The highest BCUT2D eigenvalue weighted by molar-refractivity contribution is 5.40. The molecule has 1 heterocycles. The van der Waals surface area contributed by atoms with Crippen molar-refractivity contribution >= 4 is 5.69 Å². The van der Waals surface area contributed by atoms with Crippen molar-refractivity contribution in [1.29, 1.82) is 0 Å². The highest BCUT2D eigenvalue weighted by Crippen LogP contribution is 2.20. The number of piperidine rings is 1. The number of nitro benzene ring substituents is 1. The lowest BCUT2D eigenvalue weighted by Gasteiger charge is -2.29. The van der Waals surface area contributed by atoms with Crippen molar-refractivity contribution in [3.63, 3.8) is 0 Å². The van der Waals surface area contributed by atoms with Gasteiger partial charge in [0.2, 0.25) is 0 Å². The molecule has 0 bridgehead atoms. The monoisotopic (exact) mass is 281 g/mol. The van der Waals surface area contributed by atoms with Gasteiger partial charge < -0.3 is 10.2 Å². The molecular formula is C14H20FN3O2. The maximum absolute atomic E-state index is 13.2. The van der Waals surface area contributed by atoms with E-state index in [2.05, 4.69) is 17.3 Å². The summed E-state index contributed by atoms with van der Waals surface area (Å²) in [4.78, 5) is 12.7. The summed E-state index contributed by atoms with van der Waals surface area (Å²) in [6.07, 6.45) is 2.27. The first-order valence-electron chi connectivity index (χ1n) is 6.88. The van der Waals surface area contributed by atoms with E-state index in [4.69, 9.17) is 0 Å². The zero-order valence-corrected chi connectivity index (χ0v) is 11.6. The molecule has 0 radical (unpaired) electrons. The van der Waals surface area contributed by atoms with Gasteiger partial charge in [-0.3, -0.25) is 10.1 Å². The average Bonchev–Trinajstić information content (AvgIpc) is 2.41. The maximum Gasteiger partial charge on any atom is 0.274 e. The lowest BCUT2D eigenvalue weighted by molar-refractivity contribution is -0.385. The number of hydrogen-bond acceptors (Lipinski definition) is 4. The third kappa shape index (κ3) is 3.98. The molecule has 1 aromatic rings. The van der Waals surface area contributed by atoms with Crippen LogP contribution in [0.15, 0.2) is 18.2 Å². The lowest BCUT2D eigenvalue weighted by Crippen LogP contribution is -2.34. The van der Waals surface area contributed by atoms with Crippen molar-refractivity contribution in [2.45, 2.75) is 19.4 Å². The van der Waals surface area contributed by atoms with Crippen LogP contribution in [0, 0.1) is 21.8 Å². The van der Waals surface area contributed by atoms with Crippen LogP contribution in [0.3, 0.4) is 0 Å². The number of hydrogen-bond donors (Lipinski definition) is 1. The Morgan fingerprint density at radius 1 is 1.45 bits per heavy atom. The van der Waals surface area contributed by atoms with E-state index >= 15 is 0 Å². The first kappa shape index (κ1) is 14.9. The van der Waals surface area contributed by atoms with Crippen LogP contribution in [-0.4, -0.2) is 36.5 Å². The molecule has 0 atom stereocenters. The Hall–Kier alpha value is -1.53. The minimum atomic E-state index is -0.466. The minimum absolute atomic E-state index is 0.0257. The van der Waals surface area contributed by atoms with Gasteiger partial charge in [0.1, 0.15) is 5.82 Å². The van der Waals surface area contributed by atoms with Crippen molar-refractivity contribution in [3.05, 3.63) is 39.7 Å². The predicted octanol–water partition coefficient (Wildman–Crippen LogP) is 2.17. The topological polar surface area (TPSA) is 58.4 Å². The molecule has 5 nitrogen and oxygen atoms in total. The lowest BCUT2D eigenvalue weighted by atomic mass is 9.97. The number of nitrogens with zero attached hydrogens (tertiary/aromatic N) is 2. The highest BCUT2D eigenvalue weighted by atomic mass is 19.1. The quantitative estimate of drug-likeness (QED) is 0.664. The van der Waals surface area contributed by atoms with Gasteiger partial charge in [-0.25, -0.2) is 4.39 Å². The second-order valence-corrected chi connectivity index (χ2v) is 5.41. The third-order valence-electron chi connectivity index (χ3n) is 3.82. The molecule has 1 N–H and O–H groups in total. The molecule has 0 amide bonds. The van der Waals surface area contributed by atoms with E-state index in [1.807, 2.05) is 0 Å². The van der Waals surface area contributed by atoms with Gasteiger partial charge in [-0.15, -0.1) is 0 Å². The first-order chi connectivity index (χ1) is 9.56. The Morgan fingerprint density at radius 3 is 2.80 bits per heavy atom. The Kier molecular flexibility index (Phi) is 5.03. The number of nitrogens with one attached hydrogen (secondary N) is 1. The van der Waals surface area contributed by atoms with Gasteiger partial charge in [0, 0.05) is 18.2 Å². The number of nitro groups is 1. The number of rotatable bonds is 5. The molecule has 1 aliphatic heterocycles. The van der Waals surface area contributed by atoms with Crippen molar-refractivity contribution in [1.82, 2.24) is 10.2 Å². The molecule has 0 aliphatic carbocycles. The predicted molar refractivity (Wildman–Crippen MR) is 75.0 cm³/mol. The van der Waals surface area contributed by atoms with E-state index in [1.54, 1.807) is 0 Å². The van der Waals surface area contributed by atoms with Gasteiger partial charge in [0.15, 0.2) is 0 Å². The zero-order chi connectivity index (χ0) is 14.5. The fourth-order valence-electron chi connectivity index (χ4n) is 2.55. The SMILES string of the molecule is CN1CCC(CNCc2cc(F)ccc2[N+](=O)[O-])CC1. The van der Waals surface area contributed by atoms with E-state index in [0.29, 0.717) is 18.0 Å².